The van der Waals surface area contributed by atoms with Gasteiger partial charge in [-0.1, -0.05) is 18.2 Å². The predicted molar refractivity (Wildman–Crippen MR) is 89.8 cm³/mol. The summed E-state index contributed by atoms with van der Waals surface area (Å²) in [5.41, 5.74) is 5.24. The van der Waals surface area contributed by atoms with Crippen molar-refractivity contribution in [2.75, 3.05) is 13.1 Å². The number of nitrogens with zero attached hydrogens (tertiary/aromatic N) is 1. The lowest BCUT2D eigenvalue weighted by molar-refractivity contribution is -0.142. The fourth-order valence-corrected chi connectivity index (χ4v) is 3.95. The van der Waals surface area contributed by atoms with Gasteiger partial charge in [0.05, 0.1) is 11.1 Å². The predicted octanol–water partition coefficient (Wildman–Crippen LogP) is 3.76. The molecule has 1 aliphatic carbocycles. The van der Waals surface area contributed by atoms with Gasteiger partial charge in [0.2, 0.25) is 5.91 Å². The molecule has 3 rings (SSSR count). The quantitative estimate of drug-likeness (QED) is 0.895. The molecule has 1 saturated heterocycles. The molecular formula is C19H25F3N2O. The summed E-state index contributed by atoms with van der Waals surface area (Å²) in [6.45, 7) is 1.33. The number of hydrogen-bond donors (Lipinski definition) is 1. The standard InChI is InChI=1S/C19H25F3N2O/c20-19(21,22)16-7-2-1-6-15(16)9-8-14-5-3-12-24(13-14)17(25)18(23)10-4-11-18/h1-2,6-7,14H,3-5,8-13,23H2/t14-/m0/s1. The van der Waals surface area contributed by atoms with Crippen molar-refractivity contribution in [1.82, 2.24) is 4.90 Å². The molecule has 0 aromatic heterocycles. The third kappa shape index (κ3) is 4.00. The fourth-order valence-electron chi connectivity index (χ4n) is 3.95. The fraction of sp³-hybridized carbons (Fsp3) is 0.632. The highest BCUT2D eigenvalue weighted by Gasteiger charge is 2.43. The lowest BCUT2D eigenvalue weighted by Gasteiger charge is -2.43. The second-order valence-electron chi connectivity index (χ2n) is 7.46. The van der Waals surface area contributed by atoms with E-state index in [1.807, 2.05) is 4.90 Å². The van der Waals surface area contributed by atoms with Gasteiger partial charge >= 0.3 is 6.18 Å². The minimum atomic E-state index is -4.32. The molecule has 6 heteroatoms. The van der Waals surface area contributed by atoms with E-state index in [0.717, 1.165) is 38.2 Å². The van der Waals surface area contributed by atoms with E-state index in [1.54, 1.807) is 12.1 Å². The van der Waals surface area contributed by atoms with E-state index >= 15 is 0 Å². The van der Waals surface area contributed by atoms with Crippen molar-refractivity contribution < 1.29 is 18.0 Å². The number of benzene rings is 1. The van der Waals surface area contributed by atoms with Crippen LogP contribution in [0.25, 0.3) is 0 Å². The van der Waals surface area contributed by atoms with E-state index in [9.17, 15) is 18.0 Å². The molecule has 1 aromatic rings. The second-order valence-corrected chi connectivity index (χ2v) is 7.46. The first kappa shape index (κ1) is 18.2. The zero-order valence-electron chi connectivity index (χ0n) is 14.3. The van der Waals surface area contributed by atoms with Crippen LogP contribution in [-0.4, -0.2) is 29.4 Å². The first-order chi connectivity index (χ1) is 11.8. The second kappa shape index (κ2) is 6.98. The van der Waals surface area contributed by atoms with Crippen LogP contribution < -0.4 is 5.73 Å². The summed E-state index contributed by atoms with van der Waals surface area (Å²) in [5.74, 6) is 0.266. The van der Waals surface area contributed by atoms with E-state index in [-0.39, 0.29) is 11.8 Å². The van der Waals surface area contributed by atoms with Gasteiger partial charge in [-0.25, -0.2) is 0 Å². The third-order valence-corrected chi connectivity index (χ3v) is 5.62. The molecule has 1 amide bonds. The number of halogens is 3. The van der Waals surface area contributed by atoms with Crippen LogP contribution in [-0.2, 0) is 17.4 Å². The average Bonchev–Trinajstić information content (AvgIpc) is 2.57. The number of rotatable bonds is 4. The molecule has 2 fully saturated rings. The lowest BCUT2D eigenvalue weighted by atomic mass is 9.76. The molecule has 25 heavy (non-hydrogen) atoms. The van der Waals surface area contributed by atoms with Crippen molar-refractivity contribution in [3.8, 4) is 0 Å². The van der Waals surface area contributed by atoms with Crippen molar-refractivity contribution >= 4 is 5.91 Å². The van der Waals surface area contributed by atoms with Crippen LogP contribution in [0.5, 0.6) is 0 Å². The van der Waals surface area contributed by atoms with Gasteiger partial charge in [0.15, 0.2) is 0 Å². The smallest absolute Gasteiger partial charge is 0.341 e. The van der Waals surface area contributed by atoms with Gasteiger partial charge in [0.1, 0.15) is 0 Å². The summed E-state index contributed by atoms with van der Waals surface area (Å²) >= 11 is 0. The van der Waals surface area contributed by atoms with Gasteiger partial charge in [-0.05, 0) is 62.5 Å². The highest BCUT2D eigenvalue weighted by Crippen LogP contribution is 2.35. The molecule has 0 spiro atoms. The molecule has 2 aliphatic rings. The summed E-state index contributed by atoms with van der Waals surface area (Å²) in [6, 6.07) is 5.77. The Morgan fingerprint density at radius 2 is 1.96 bits per heavy atom. The van der Waals surface area contributed by atoms with Gasteiger partial charge < -0.3 is 10.6 Å². The number of amides is 1. The molecule has 0 radical (unpaired) electrons. The molecule has 1 atom stereocenters. The molecule has 1 heterocycles. The van der Waals surface area contributed by atoms with E-state index in [0.29, 0.717) is 31.5 Å². The van der Waals surface area contributed by atoms with E-state index < -0.39 is 17.3 Å². The van der Waals surface area contributed by atoms with E-state index in [1.165, 1.54) is 6.07 Å². The Balaban J connectivity index is 1.60. The maximum absolute atomic E-state index is 13.1. The van der Waals surface area contributed by atoms with Crippen molar-refractivity contribution in [3.05, 3.63) is 35.4 Å². The molecule has 0 bridgehead atoms. The highest BCUT2D eigenvalue weighted by molar-refractivity contribution is 5.87. The molecular weight excluding hydrogens is 329 g/mol. The number of nitrogens with two attached hydrogens (primary N) is 1. The van der Waals surface area contributed by atoms with Crippen LogP contribution in [0.3, 0.4) is 0 Å². The SMILES string of the molecule is NC1(C(=O)N2CCC[C@@H](CCc3ccccc3C(F)(F)F)C2)CCC1. The van der Waals surface area contributed by atoms with Crippen molar-refractivity contribution in [2.45, 2.75) is 56.7 Å². The maximum Gasteiger partial charge on any atom is 0.416 e. The van der Waals surface area contributed by atoms with E-state index in [4.69, 9.17) is 5.73 Å². The minimum Gasteiger partial charge on any atom is -0.341 e. The Morgan fingerprint density at radius 3 is 2.60 bits per heavy atom. The monoisotopic (exact) mass is 354 g/mol. The Labute approximate surface area is 146 Å². The lowest BCUT2D eigenvalue weighted by Crippen LogP contribution is -2.60. The molecule has 2 N–H and O–H groups in total. The number of piperidine rings is 1. The Hall–Kier alpha value is -1.56. The van der Waals surface area contributed by atoms with Gasteiger partial charge in [-0.2, -0.15) is 13.2 Å². The van der Waals surface area contributed by atoms with Crippen LogP contribution in [0.15, 0.2) is 24.3 Å². The topological polar surface area (TPSA) is 46.3 Å². The number of aryl methyl sites for hydroxylation is 1. The van der Waals surface area contributed by atoms with Crippen LogP contribution in [0.1, 0.15) is 49.7 Å². The number of likely N-dealkylation sites (tertiary alicyclic amines) is 1. The first-order valence-electron chi connectivity index (χ1n) is 9.03. The highest BCUT2D eigenvalue weighted by atomic mass is 19.4. The summed E-state index contributed by atoms with van der Waals surface area (Å²) < 4.78 is 39.3. The largest absolute Gasteiger partial charge is 0.416 e. The van der Waals surface area contributed by atoms with Gasteiger partial charge in [-0.3, -0.25) is 4.79 Å². The van der Waals surface area contributed by atoms with Crippen molar-refractivity contribution in [1.29, 1.82) is 0 Å². The maximum atomic E-state index is 13.1. The first-order valence-corrected chi connectivity index (χ1v) is 9.03. The molecule has 1 aromatic carbocycles. The zero-order valence-corrected chi connectivity index (χ0v) is 14.3. The molecule has 0 unspecified atom stereocenters. The normalized spacial score (nSPS) is 23.2. The zero-order chi connectivity index (χ0) is 18.1. The Kier molecular flexibility index (Phi) is 5.09. The Morgan fingerprint density at radius 1 is 1.24 bits per heavy atom. The van der Waals surface area contributed by atoms with Crippen LogP contribution in [0.2, 0.25) is 0 Å². The number of hydrogen-bond acceptors (Lipinski definition) is 2. The van der Waals surface area contributed by atoms with Crippen molar-refractivity contribution in [2.24, 2.45) is 11.7 Å². The number of alkyl halides is 3. The van der Waals surface area contributed by atoms with Gasteiger partial charge in [0, 0.05) is 13.1 Å². The summed E-state index contributed by atoms with van der Waals surface area (Å²) in [7, 11) is 0. The van der Waals surface area contributed by atoms with Gasteiger partial charge in [0.25, 0.3) is 0 Å². The third-order valence-electron chi connectivity index (χ3n) is 5.62. The summed E-state index contributed by atoms with van der Waals surface area (Å²) in [4.78, 5) is 14.4. The molecule has 138 valence electrons. The molecule has 1 saturated carbocycles. The van der Waals surface area contributed by atoms with Crippen LogP contribution in [0.4, 0.5) is 13.2 Å². The van der Waals surface area contributed by atoms with Crippen LogP contribution in [0, 0.1) is 5.92 Å². The minimum absolute atomic E-state index is 0.0270. The summed E-state index contributed by atoms with van der Waals surface area (Å²) in [5, 5.41) is 0. The van der Waals surface area contributed by atoms with Crippen molar-refractivity contribution in [3.63, 3.8) is 0 Å². The Bertz CT molecular complexity index is 625. The average molecular weight is 354 g/mol. The van der Waals surface area contributed by atoms with E-state index in [2.05, 4.69) is 0 Å². The van der Waals surface area contributed by atoms with Gasteiger partial charge in [-0.15, -0.1) is 0 Å². The molecule has 3 nitrogen and oxygen atoms in total. The number of carbonyl (C=O) groups is 1. The van der Waals surface area contributed by atoms with Crippen LogP contribution >= 0.6 is 0 Å². The summed E-state index contributed by atoms with van der Waals surface area (Å²) in [6.07, 6.45) is 1.06. The number of carbonyl (C=O) groups excluding carboxylic acids is 1. The molecule has 1 aliphatic heterocycles.